The first-order chi connectivity index (χ1) is 15.9. The molecule has 1 unspecified atom stereocenters. The zero-order valence-electron chi connectivity index (χ0n) is 18.0. The first-order valence-electron chi connectivity index (χ1n) is 10.3. The summed E-state index contributed by atoms with van der Waals surface area (Å²) in [5.41, 5.74) is 1.49. The first kappa shape index (κ1) is 22.5. The third-order valence-electron chi connectivity index (χ3n) is 4.86. The summed E-state index contributed by atoms with van der Waals surface area (Å²) in [4.78, 5) is 35.0. The lowest BCUT2D eigenvalue weighted by Crippen LogP contribution is -2.37. The van der Waals surface area contributed by atoms with Crippen molar-refractivity contribution in [2.75, 3.05) is 7.05 Å². The van der Waals surface area contributed by atoms with Crippen LogP contribution in [0.5, 0.6) is 0 Å². The van der Waals surface area contributed by atoms with E-state index >= 15 is 0 Å². The second kappa shape index (κ2) is 9.86. The number of aryl methyl sites for hydroxylation is 1. The lowest BCUT2D eigenvalue weighted by atomic mass is 10.2. The lowest BCUT2D eigenvalue weighted by Gasteiger charge is -2.20. The molecule has 0 aliphatic rings. The van der Waals surface area contributed by atoms with Crippen LogP contribution in [-0.2, 0) is 27.3 Å². The second-order valence-corrected chi connectivity index (χ2v) is 8.54. The number of para-hydroxylation sites is 1. The van der Waals surface area contributed by atoms with E-state index in [-0.39, 0.29) is 30.5 Å². The number of hydrogen-bond acceptors (Lipinski definition) is 8. The fourth-order valence-corrected chi connectivity index (χ4v) is 4.19. The van der Waals surface area contributed by atoms with E-state index in [9.17, 15) is 14.0 Å². The average molecular weight is 469 g/mol. The minimum Gasteiger partial charge on any atom is -0.453 e. The summed E-state index contributed by atoms with van der Waals surface area (Å²) >= 11 is 1.52. The number of ether oxygens (including phenoxy) is 1. The summed E-state index contributed by atoms with van der Waals surface area (Å²) < 4.78 is 24.5. The Labute approximate surface area is 193 Å². The number of fused-ring (bicyclic) bond motifs is 1. The highest BCUT2D eigenvalue weighted by Crippen LogP contribution is 2.22. The standard InChI is InChI=1S/C23H21FN4O4S/c1-14(23(30)28(2)13-20-25-17-5-3-4-6-18(17)33-20)31-21(29)12-11-19-26-22(27-32-19)15-7-9-16(24)10-8-15/h3-10,14H,11-13H2,1-2H3. The third kappa shape index (κ3) is 5.58. The Balaban J connectivity index is 1.26. The number of carbonyl (C=O) groups excluding carboxylic acids is 2. The molecule has 0 bridgehead atoms. The van der Waals surface area contributed by atoms with Gasteiger partial charge in [0.1, 0.15) is 10.8 Å². The Morgan fingerprint density at radius 1 is 1.15 bits per heavy atom. The quantitative estimate of drug-likeness (QED) is 0.360. The molecule has 0 aliphatic carbocycles. The molecule has 0 saturated heterocycles. The van der Waals surface area contributed by atoms with Gasteiger partial charge in [0.15, 0.2) is 6.10 Å². The predicted molar refractivity (Wildman–Crippen MR) is 120 cm³/mol. The predicted octanol–water partition coefficient (Wildman–Crippen LogP) is 4.01. The van der Waals surface area contributed by atoms with Crippen LogP contribution in [0.25, 0.3) is 21.6 Å². The van der Waals surface area contributed by atoms with Crippen LogP contribution in [0.4, 0.5) is 4.39 Å². The van der Waals surface area contributed by atoms with Gasteiger partial charge in [-0.05, 0) is 43.3 Å². The molecule has 8 nitrogen and oxygen atoms in total. The van der Waals surface area contributed by atoms with Crippen molar-refractivity contribution in [1.82, 2.24) is 20.0 Å². The van der Waals surface area contributed by atoms with Gasteiger partial charge in [-0.15, -0.1) is 11.3 Å². The van der Waals surface area contributed by atoms with Crippen LogP contribution < -0.4 is 0 Å². The molecule has 1 atom stereocenters. The molecule has 170 valence electrons. The summed E-state index contributed by atoms with van der Waals surface area (Å²) in [7, 11) is 1.65. The van der Waals surface area contributed by atoms with E-state index in [1.54, 1.807) is 7.05 Å². The molecule has 0 N–H and O–H groups in total. The van der Waals surface area contributed by atoms with Crippen molar-refractivity contribution in [3.63, 3.8) is 0 Å². The van der Waals surface area contributed by atoms with E-state index in [0.29, 0.717) is 17.9 Å². The van der Waals surface area contributed by atoms with Gasteiger partial charge in [-0.3, -0.25) is 9.59 Å². The Hall–Kier alpha value is -3.66. The number of nitrogens with zero attached hydrogens (tertiary/aromatic N) is 4. The Kier molecular flexibility index (Phi) is 6.74. The Morgan fingerprint density at radius 2 is 1.91 bits per heavy atom. The van der Waals surface area contributed by atoms with Gasteiger partial charge in [0.25, 0.3) is 5.91 Å². The van der Waals surface area contributed by atoms with Crippen molar-refractivity contribution in [3.05, 3.63) is 65.2 Å². The number of esters is 1. The summed E-state index contributed by atoms with van der Waals surface area (Å²) in [5.74, 6) is -0.680. The third-order valence-corrected chi connectivity index (χ3v) is 5.88. The number of carbonyl (C=O) groups is 2. The van der Waals surface area contributed by atoms with Gasteiger partial charge in [0.05, 0.1) is 23.2 Å². The molecule has 2 aromatic heterocycles. The van der Waals surface area contributed by atoms with Crippen LogP contribution in [-0.4, -0.2) is 45.1 Å². The Morgan fingerprint density at radius 3 is 2.67 bits per heavy atom. The number of likely N-dealkylation sites (N-methyl/N-ethyl adjacent to an activating group) is 1. The lowest BCUT2D eigenvalue weighted by molar-refractivity contribution is -0.158. The summed E-state index contributed by atoms with van der Waals surface area (Å²) in [5, 5.41) is 4.64. The number of thiazole rings is 1. The molecule has 2 heterocycles. The van der Waals surface area contributed by atoms with E-state index in [0.717, 1.165) is 15.2 Å². The molecule has 0 radical (unpaired) electrons. The highest BCUT2D eigenvalue weighted by Gasteiger charge is 2.23. The zero-order chi connectivity index (χ0) is 23.4. The number of rotatable bonds is 8. The number of benzene rings is 2. The normalized spacial score (nSPS) is 12.0. The topological polar surface area (TPSA) is 98.4 Å². The van der Waals surface area contributed by atoms with Gasteiger partial charge in [-0.2, -0.15) is 4.98 Å². The molecular formula is C23H21FN4O4S. The highest BCUT2D eigenvalue weighted by molar-refractivity contribution is 7.18. The van der Waals surface area contributed by atoms with Crippen LogP contribution in [0, 0.1) is 5.82 Å². The van der Waals surface area contributed by atoms with Crippen LogP contribution in [0.15, 0.2) is 53.1 Å². The fraction of sp³-hybridized carbons (Fsp3) is 0.261. The molecule has 0 spiro atoms. The molecule has 1 amide bonds. The maximum Gasteiger partial charge on any atom is 0.307 e. The highest BCUT2D eigenvalue weighted by atomic mass is 32.1. The van der Waals surface area contributed by atoms with Crippen LogP contribution >= 0.6 is 11.3 Å². The van der Waals surface area contributed by atoms with E-state index in [2.05, 4.69) is 15.1 Å². The van der Waals surface area contributed by atoms with E-state index in [1.165, 1.54) is 47.4 Å². The van der Waals surface area contributed by atoms with Gasteiger partial charge < -0.3 is 14.2 Å². The van der Waals surface area contributed by atoms with Gasteiger partial charge in [-0.25, -0.2) is 9.37 Å². The van der Waals surface area contributed by atoms with E-state index in [1.807, 2.05) is 24.3 Å². The number of halogens is 1. The number of hydrogen-bond donors (Lipinski definition) is 0. The maximum atomic E-state index is 13.0. The molecular weight excluding hydrogens is 447 g/mol. The Bertz CT molecular complexity index is 1240. The first-order valence-corrected chi connectivity index (χ1v) is 11.1. The van der Waals surface area contributed by atoms with Crippen molar-refractivity contribution >= 4 is 33.4 Å². The molecule has 33 heavy (non-hydrogen) atoms. The summed E-state index contributed by atoms with van der Waals surface area (Å²) in [6.45, 7) is 1.86. The van der Waals surface area contributed by atoms with Gasteiger partial charge >= 0.3 is 5.97 Å². The van der Waals surface area contributed by atoms with Crippen molar-refractivity contribution < 1.29 is 23.2 Å². The number of amides is 1. The average Bonchev–Trinajstić information content (AvgIpc) is 3.44. The minimum atomic E-state index is -0.936. The monoisotopic (exact) mass is 468 g/mol. The van der Waals surface area contributed by atoms with Crippen molar-refractivity contribution in [1.29, 1.82) is 0 Å². The smallest absolute Gasteiger partial charge is 0.307 e. The van der Waals surface area contributed by atoms with E-state index < -0.39 is 12.1 Å². The maximum absolute atomic E-state index is 13.0. The number of aromatic nitrogens is 3. The SMILES string of the molecule is CC(OC(=O)CCc1nc(-c2ccc(F)cc2)no1)C(=O)N(C)Cc1nc2ccccc2s1. The van der Waals surface area contributed by atoms with Crippen molar-refractivity contribution in [3.8, 4) is 11.4 Å². The van der Waals surface area contributed by atoms with Gasteiger partial charge in [0.2, 0.25) is 11.7 Å². The fourth-order valence-electron chi connectivity index (χ4n) is 3.17. The zero-order valence-corrected chi connectivity index (χ0v) is 18.8. The second-order valence-electron chi connectivity index (χ2n) is 7.42. The van der Waals surface area contributed by atoms with E-state index in [4.69, 9.17) is 9.26 Å². The molecule has 0 aliphatic heterocycles. The molecule has 0 fully saturated rings. The minimum absolute atomic E-state index is 0.0236. The summed E-state index contributed by atoms with van der Waals surface area (Å²) in [6.07, 6.45) is -0.797. The van der Waals surface area contributed by atoms with Crippen molar-refractivity contribution in [2.45, 2.75) is 32.4 Å². The molecule has 0 saturated carbocycles. The molecule has 2 aromatic carbocycles. The largest absolute Gasteiger partial charge is 0.453 e. The van der Waals surface area contributed by atoms with Crippen LogP contribution in [0.2, 0.25) is 0 Å². The van der Waals surface area contributed by atoms with Gasteiger partial charge in [-0.1, -0.05) is 17.3 Å². The van der Waals surface area contributed by atoms with Crippen LogP contribution in [0.3, 0.4) is 0 Å². The molecule has 10 heteroatoms. The van der Waals surface area contributed by atoms with Gasteiger partial charge in [0, 0.05) is 19.0 Å². The van der Waals surface area contributed by atoms with Crippen molar-refractivity contribution in [2.24, 2.45) is 0 Å². The molecule has 4 aromatic rings. The van der Waals surface area contributed by atoms with Crippen LogP contribution in [0.1, 0.15) is 24.2 Å². The molecule has 4 rings (SSSR count). The summed E-state index contributed by atoms with van der Waals surface area (Å²) in [6, 6.07) is 13.4.